The summed E-state index contributed by atoms with van der Waals surface area (Å²) >= 11 is 0. The van der Waals surface area contributed by atoms with Crippen molar-refractivity contribution in [1.29, 1.82) is 0 Å². The zero-order valence-corrected chi connectivity index (χ0v) is 8.47. The number of aldehydes is 1. The van der Waals surface area contributed by atoms with E-state index in [0.717, 1.165) is 6.07 Å². The minimum atomic E-state index is -1.14. The second kappa shape index (κ2) is 4.52. The molecule has 1 rings (SSSR count). The van der Waals surface area contributed by atoms with E-state index < -0.39 is 17.3 Å². The van der Waals surface area contributed by atoms with E-state index >= 15 is 0 Å². The van der Waals surface area contributed by atoms with Crippen molar-refractivity contribution in [2.75, 3.05) is 0 Å². The molecule has 16 heavy (non-hydrogen) atoms. The van der Waals surface area contributed by atoms with Gasteiger partial charge in [0.1, 0.15) is 6.29 Å². The van der Waals surface area contributed by atoms with Crippen molar-refractivity contribution < 1.29 is 19.6 Å². The number of nitrogens with zero attached hydrogens (tertiary/aromatic N) is 1. The summed E-state index contributed by atoms with van der Waals surface area (Å²) in [5, 5.41) is 19.2. The number of aliphatic carboxylic acids is 1. The Hall–Kier alpha value is -2.24. The number of nitro groups is 1. The molecule has 0 radical (unpaired) electrons. The van der Waals surface area contributed by atoms with Crippen molar-refractivity contribution in [3.8, 4) is 0 Å². The van der Waals surface area contributed by atoms with Gasteiger partial charge in [-0.3, -0.25) is 19.7 Å². The van der Waals surface area contributed by atoms with E-state index in [1.165, 1.54) is 13.0 Å². The normalized spacial score (nSPS) is 9.81. The van der Waals surface area contributed by atoms with Crippen LogP contribution in [0.15, 0.2) is 12.1 Å². The van der Waals surface area contributed by atoms with E-state index in [1.54, 1.807) is 0 Å². The molecule has 6 heteroatoms. The van der Waals surface area contributed by atoms with Gasteiger partial charge in [0.15, 0.2) is 0 Å². The number of carbonyl (C=O) groups is 2. The van der Waals surface area contributed by atoms with Gasteiger partial charge in [0, 0.05) is 17.2 Å². The standard InChI is InChI=1S/C10H9NO5/c1-6-2-8(5-12)7(4-10(13)14)3-9(6)11(15)16/h2-3,5H,4H2,1H3,(H,13,14). The Labute approximate surface area is 90.7 Å². The fourth-order valence-corrected chi connectivity index (χ4v) is 1.38. The number of hydrogen-bond donors (Lipinski definition) is 1. The summed E-state index contributed by atoms with van der Waals surface area (Å²) in [5.41, 5.74) is 0.480. The van der Waals surface area contributed by atoms with Crippen LogP contribution in [0.5, 0.6) is 0 Å². The van der Waals surface area contributed by atoms with Crippen LogP contribution >= 0.6 is 0 Å². The Morgan fingerprint density at radius 3 is 2.62 bits per heavy atom. The van der Waals surface area contributed by atoms with Crippen LogP contribution in [0.2, 0.25) is 0 Å². The molecule has 1 aromatic carbocycles. The van der Waals surface area contributed by atoms with Gasteiger partial charge in [-0.05, 0) is 18.6 Å². The second-order valence-electron chi connectivity index (χ2n) is 3.28. The number of carbonyl (C=O) groups excluding carboxylic acids is 1. The molecule has 0 bridgehead atoms. The van der Waals surface area contributed by atoms with Gasteiger partial charge < -0.3 is 5.11 Å². The molecule has 0 aliphatic heterocycles. The summed E-state index contributed by atoms with van der Waals surface area (Å²) in [4.78, 5) is 31.2. The molecule has 0 spiro atoms. The van der Waals surface area contributed by atoms with E-state index in [4.69, 9.17) is 5.11 Å². The third kappa shape index (κ3) is 2.41. The summed E-state index contributed by atoms with van der Waals surface area (Å²) in [6.45, 7) is 1.50. The Kier molecular flexibility index (Phi) is 3.34. The van der Waals surface area contributed by atoms with Gasteiger partial charge in [0.05, 0.1) is 11.3 Å². The van der Waals surface area contributed by atoms with E-state index in [2.05, 4.69) is 0 Å². The third-order valence-electron chi connectivity index (χ3n) is 2.12. The molecule has 0 aliphatic rings. The Morgan fingerprint density at radius 2 is 2.19 bits per heavy atom. The van der Waals surface area contributed by atoms with Crippen molar-refractivity contribution in [2.24, 2.45) is 0 Å². The van der Waals surface area contributed by atoms with Gasteiger partial charge in [0.25, 0.3) is 5.69 Å². The maximum Gasteiger partial charge on any atom is 0.307 e. The Morgan fingerprint density at radius 1 is 1.56 bits per heavy atom. The lowest BCUT2D eigenvalue weighted by Gasteiger charge is -2.04. The number of nitro benzene ring substituents is 1. The molecule has 0 aromatic heterocycles. The van der Waals surface area contributed by atoms with Crippen LogP contribution in [-0.2, 0) is 11.2 Å². The smallest absolute Gasteiger partial charge is 0.307 e. The largest absolute Gasteiger partial charge is 0.481 e. The molecule has 0 saturated heterocycles. The zero-order chi connectivity index (χ0) is 12.3. The highest BCUT2D eigenvalue weighted by atomic mass is 16.6. The highest BCUT2D eigenvalue weighted by Gasteiger charge is 2.16. The predicted octanol–water partition coefficient (Wildman–Crippen LogP) is 1.34. The molecule has 0 unspecified atom stereocenters. The first-order valence-electron chi connectivity index (χ1n) is 4.40. The average Bonchev–Trinajstić information content (AvgIpc) is 2.18. The number of carboxylic acids is 1. The van der Waals surface area contributed by atoms with Gasteiger partial charge >= 0.3 is 5.97 Å². The number of rotatable bonds is 4. The maximum atomic E-state index is 10.7. The molecular formula is C10H9NO5. The van der Waals surface area contributed by atoms with Gasteiger partial charge in [-0.1, -0.05) is 0 Å². The topological polar surface area (TPSA) is 97.5 Å². The molecule has 0 saturated carbocycles. The van der Waals surface area contributed by atoms with Gasteiger partial charge in [-0.15, -0.1) is 0 Å². The van der Waals surface area contributed by atoms with Crippen molar-refractivity contribution in [2.45, 2.75) is 13.3 Å². The zero-order valence-electron chi connectivity index (χ0n) is 8.47. The first-order chi connectivity index (χ1) is 7.45. The van der Waals surface area contributed by atoms with Crippen LogP contribution in [-0.4, -0.2) is 22.3 Å². The van der Waals surface area contributed by atoms with Crippen LogP contribution in [0.1, 0.15) is 21.5 Å². The van der Waals surface area contributed by atoms with E-state index in [9.17, 15) is 19.7 Å². The first kappa shape index (κ1) is 11.8. The quantitative estimate of drug-likeness (QED) is 0.472. The van der Waals surface area contributed by atoms with Crippen LogP contribution in [0.3, 0.4) is 0 Å². The van der Waals surface area contributed by atoms with Crippen LogP contribution < -0.4 is 0 Å². The van der Waals surface area contributed by atoms with Crippen molar-refractivity contribution in [3.05, 3.63) is 38.9 Å². The lowest BCUT2D eigenvalue weighted by Crippen LogP contribution is -2.05. The average molecular weight is 223 g/mol. The summed E-state index contributed by atoms with van der Waals surface area (Å²) in [6.07, 6.45) is 0.0875. The molecule has 0 aliphatic carbocycles. The highest BCUT2D eigenvalue weighted by molar-refractivity contribution is 5.82. The molecule has 1 N–H and O–H groups in total. The van der Waals surface area contributed by atoms with Crippen molar-refractivity contribution in [1.82, 2.24) is 0 Å². The Bertz CT molecular complexity index is 467. The van der Waals surface area contributed by atoms with Crippen molar-refractivity contribution in [3.63, 3.8) is 0 Å². The third-order valence-corrected chi connectivity index (χ3v) is 2.12. The lowest BCUT2D eigenvalue weighted by atomic mass is 10.0. The first-order valence-corrected chi connectivity index (χ1v) is 4.40. The molecular weight excluding hydrogens is 214 g/mol. The molecule has 0 atom stereocenters. The van der Waals surface area contributed by atoms with Gasteiger partial charge in [0.2, 0.25) is 0 Å². The summed E-state index contributed by atoms with van der Waals surface area (Å²) in [6, 6.07) is 2.45. The summed E-state index contributed by atoms with van der Waals surface area (Å²) in [5.74, 6) is -1.14. The SMILES string of the molecule is Cc1cc(C=O)c(CC(=O)O)cc1[N+](=O)[O-]. The number of carboxylic acid groups (broad SMARTS) is 1. The summed E-state index contributed by atoms with van der Waals surface area (Å²) in [7, 11) is 0. The minimum Gasteiger partial charge on any atom is -0.481 e. The number of hydrogen-bond acceptors (Lipinski definition) is 4. The Balaban J connectivity index is 3.33. The molecule has 6 nitrogen and oxygen atoms in total. The predicted molar refractivity (Wildman–Crippen MR) is 54.6 cm³/mol. The molecule has 0 amide bonds. The number of aryl methyl sites for hydroxylation is 1. The van der Waals surface area contributed by atoms with Gasteiger partial charge in [-0.25, -0.2) is 0 Å². The molecule has 84 valence electrons. The molecule has 0 fully saturated rings. The minimum absolute atomic E-state index is 0.153. The lowest BCUT2D eigenvalue weighted by molar-refractivity contribution is -0.385. The number of benzene rings is 1. The van der Waals surface area contributed by atoms with E-state index in [0.29, 0.717) is 11.8 Å². The van der Waals surface area contributed by atoms with Gasteiger partial charge in [-0.2, -0.15) is 0 Å². The van der Waals surface area contributed by atoms with Crippen molar-refractivity contribution >= 4 is 17.9 Å². The van der Waals surface area contributed by atoms with E-state index in [1.807, 2.05) is 0 Å². The fraction of sp³-hybridized carbons (Fsp3) is 0.200. The summed E-state index contributed by atoms with van der Waals surface area (Å²) < 4.78 is 0. The molecule has 0 heterocycles. The van der Waals surface area contributed by atoms with Crippen LogP contribution in [0.4, 0.5) is 5.69 Å². The monoisotopic (exact) mass is 223 g/mol. The molecule has 1 aromatic rings. The van der Waals surface area contributed by atoms with Crippen LogP contribution in [0, 0.1) is 17.0 Å². The fourth-order valence-electron chi connectivity index (χ4n) is 1.38. The van der Waals surface area contributed by atoms with Crippen LogP contribution in [0.25, 0.3) is 0 Å². The van der Waals surface area contributed by atoms with E-state index in [-0.39, 0.29) is 16.8 Å². The second-order valence-corrected chi connectivity index (χ2v) is 3.28. The maximum absolute atomic E-state index is 10.7. The highest BCUT2D eigenvalue weighted by Crippen LogP contribution is 2.22.